The lowest BCUT2D eigenvalue weighted by molar-refractivity contribution is 0.00119. The van der Waals surface area contributed by atoms with Gasteiger partial charge in [-0.05, 0) is 17.7 Å². The minimum atomic E-state index is 0.435. The van der Waals surface area contributed by atoms with E-state index in [0.29, 0.717) is 17.2 Å². The number of allylic oxidation sites excluding steroid dienone is 1. The lowest BCUT2D eigenvalue weighted by Gasteiger charge is -2.06. The molecule has 0 unspecified atom stereocenters. The van der Waals surface area contributed by atoms with Crippen LogP contribution in [0.2, 0.25) is 0 Å². The van der Waals surface area contributed by atoms with Crippen molar-refractivity contribution in [2.75, 3.05) is 7.11 Å². The third-order valence-electron chi connectivity index (χ3n) is 4.49. The summed E-state index contributed by atoms with van der Waals surface area (Å²) in [6.45, 7) is 0. The second-order valence-electron chi connectivity index (χ2n) is 6.06. The first-order valence-corrected chi connectivity index (χ1v) is 8.63. The van der Waals surface area contributed by atoms with Gasteiger partial charge < -0.3 is 10.3 Å². The topological polar surface area (TPSA) is 58.0 Å². The molecular formula is C23H17N3O. The maximum absolute atomic E-state index is 9.89. The summed E-state index contributed by atoms with van der Waals surface area (Å²) >= 11 is 0. The molecule has 0 fully saturated rings. The molecule has 3 aromatic carbocycles. The van der Waals surface area contributed by atoms with Crippen LogP contribution in [0.15, 0.2) is 89.9 Å². The maximum atomic E-state index is 9.89. The van der Waals surface area contributed by atoms with Crippen molar-refractivity contribution in [1.82, 2.24) is 0 Å². The largest absolute Gasteiger partial charge is 0.496 e. The van der Waals surface area contributed by atoms with E-state index in [1.54, 1.807) is 7.11 Å². The highest BCUT2D eigenvalue weighted by Crippen LogP contribution is 2.36. The first kappa shape index (κ1) is 16.7. The summed E-state index contributed by atoms with van der Waals surface area (Å²) in [4.78, 5) is 8.50. The van der Waals surface area contributed by atoms with Crippen molar-refractivity contribution in [1.29, 1.82) is 0 Å². The van der Waals surface area contributed by atoms with Gasteiger partial charge in [-0.3, -0.25) is 0 Å². The van der Waals surface area contributed by atoms with Crippen LogP contribution in [0.4, 0.5) is 0 Å². The van der Waals surface area contributed by atoms with Gasteiger partial charge in [0.15, 0.2) is 5.71 Å². The monoisotopic (exact) mass is 351 g/mol. The van der Waals surface area contributed by atoms with Gasteiger partial charge in [0.2, 0.25) is 0 Å². The van der Waals surface area contributed by atoms with Crippen molar-refractivity contribution in [3.63, 3.8) is 0 Å². The molecule has 1 aliphatic heterocycles. The van der Waals surface area contributed by atoms with Gasteiger partial charge in [0.25, 0.3) is 0 Å². The summed E-state index contributed by atoms with van der Waals surface area (Å²) in [7, 11) is 1.62. The number of ether oxygens (including phenoxy) is 1. The van der Waals surface area contributed by atoms with E-state index < -0.39 is 0 Å². The Kier molecular flexibility index (Phi) is 4.48. The van der Waals surface area contributed by atoms with Crippen LogP contribution in [-0.2, 0) is 0 Å². The fraction of sp³-hybridized carbons (Fsp3) is 0.0435. The van der Waals surface area contributed by atoms with Crippen molar-refractivity contribution < 1.29 is 9.53 Å². The number of rotatable bonds is 4. The van der Waals surface area contributed by atoms with Gasteiger partial charge in [-0.15, -0.1) is 0 Å². The highest BCUT2D eigenvalue weighted by atomic mass is 16.5. The molecule has 0 spiro atoms. The lowest BCUT2D eigenvalue weighted by atomic mass is 9.94. The summed E-state index contributed by atoms with van der Waals surface area (Å²) in [5.74, 6) is 0.680. The average molecular weight is 351 g/mol. The molecule has 0 radical (unpaired) electrons. The molecule has 3 aromatic rings. The smallest absolute Gasteiger partial charge is 0.351 e. The number of aliphatic imine (C=N–C) groups is 1. The molecule has 130 valence electrons. The van der Waals surface area contributed by atoms with E-state index >= 15 is 0 Å². The molecule has 0 aliphatic carbocycles. The van der Waals surface area contributed by atoms with Crippen LogP contribution >= 0.6 is 0 Å². The van der Waals surface area contributed by atoms with Crippen LogP contribution in [0.5, 0.6) is 5.75 Å². The average Bonchev–Trinajstić information content (AvgIpc) is 3.14. The Bertz CT molecular complexity index is 1090. The fourth-order valence-electron chi connectivity index (χ4n) is 3.26. The summed E-state index contributed by atoms with van der Waals surface area (Å²) in [6, 6.07) is 27.4. The van der Waals surface area contributed by atoms with E-state index in [1.165, 1.54) is 0 Å². The zero-order valence-electron chi connectivity index (χ0n) is 14.8. The van der Waals surface area contributed by atoms with E-state index in [-0.39, 0.29) is 0 Å². The quantitative estimate of drug-likeness (QED) is 0.495. The van der Waals surface area contributed by atoms with E-state index in [0.717, 1.165) is 28.0 Å². The molecule has 0 saturated carbocycles. The van der Waals surface area contributed by atoms with Crippen molar-refractivity contribution in [2.45, 2.75) is 0 Å². The Morgan fingerprint density at radius 3 is 2.00 bits per heavy atom. The number of nitrogens with zero attached hydrogens (tertiary/aromatic N) is 3. The van der Waals surface area contributed by atoms with Crippen molar-refractivity contribution in [3.8, 4) is 5.75 Å². The Hall–Kier alpha value is -3.75. The summed E-state index contributed by atoms with van der Waals surface area (Å²) < 4.78 is 5.50. The number of hydrogen-bond acceptors (Lipinski definition) is 2. The lowest BCUT2D eigenvalue weighted by Crippen LogP contribution is -2.15. The highest BCUT2D eigenvalue weighted by Gasteiger charge is 2.36. The molecule has 0 N–H and O–H groups in total. The van der Waals surface area contributed by atoms with E-state index in [2.05, 4.69) is 4.79 Å². The Morgan fingerprint density at radius 2 is 1.37 bits per heavy atom. The molecular weight excluding hydrogens is 334 g/mol. The molecule has 4 nitrogen and oxygen atoms in total. The minimum absolute atomic E-state index is 0.435. The molecule has 4 heteroatoms. The molecule has 0 aromatic heterocycles. The van der Waals surface area contributed by atoms with Gasteiger partial charge in [0.05, 0.1) is 23.9 Å². The second-order valence-corrected chi connectivity index (χ2v) is 6.06. The number of benzene rings is 3. The van der Waals surface area contributed by atoms with Gasteiger partial charge in [0, 0.05) is 5.56 Å². The SMILES string of the molecule is COc1ccccc1C1=NC(c2ccccc2)=C(c2ccccc2)C1=[N+]=[N-]. The summed E-state index contributed by atoms with van der Waals surface area (Å²) in [6.07, 6.45) is 0. The summed E-state index contributed by atoms with van der Waals surface area (Å²) in [5.41, 5.74) is 15.2. The molecule has 27 heavy (non-hydrogen) atoms. The van der Waals surface area contributed by atoms with E-state index in [4.69, 9.17) is 9.73 Å². The van der Waals surface area contributed by atoms with Crippen LogP contribution < -0.4 is 4.74 Å². The highest BCUT2D eigenvalue weighted by molar-refractivity contribution is 6.65. The van der Waals surface area contributed by atoms with Crippen LogP contribution in [0.25, 0.3) is 16.8 Å². The standard InChI is InChI=1S/C23H17N3O/c1-27-19-15-9-8-14-18(19)22-23(26-24)20(16-10-4-2-5-11-16)21(25-22)17-12-6-3-7-13-17/h2-15H,1H3. The van der Waals surface area contributed by atoms with Crippen LogP contribution in [-0.4, -0.2) is 23.3 Å². The van der Waals surface area contributed by atoms with Crippen LogP contribution in [0.3, 0.4) is 0 Å². The van der Waals surface area contributed by atoms with Crippen LogP contribution in [0, 0.1) is 0 Å². The molecule has 0 amide bonds. The number of methoxy groups -OCH3 is 1. The zero-order valence-corrected chi connectivity index (χ0v) is 14.8. The first-order valence-electron chi connectivity index (χ1n) is 8.63. The third-order valence-corrected chi connectivity index (χ3v) is 4.49. The number of para-hydroxylation sites is 1. The van der Waals surface area contributed by atoms with Crippen LogP contribution in [0.1, 0.15) is 16.7 Å². The summed E-state index contributed by atoms with van der Waals surface area (Å²) in [5, 5.41) is 0. The Morgan fingerprint density at radius 1 is 0.778 bits per heavy atom. The molecule has 0 bridgehead atoms. The maximum Gasteiger partial charge on any atom is 0.351 e. The van der Waals surface area contributed by atoms with Crippen molar-refractivity contribution in [3.05, 3.63) is 107 Å². The second kappa shape index (κ2) is 7.24. The molecule has 4 rings (SSSR count). The van der Waals surface area contributed by atoms with Crippen molar-refractivity contribution in [2.24, 2.45) is 4.99 Å². The zero-order chi connectivity index (χ0) is 18.6. The fourth-order valence-corrected chi connectivity index (χ4v) is 3.26. The molecule has 0 atom stereocenters. The number of hydrogen-bond donors (Lipinski definition) is 0. The molecule has 1 heterocycles. The van der Waals surface area contributed by atoms with Gasteiger partial charge in [-0.25, -0.2) is 4.99 Å². The minimum Gasteiger partial charge on any atom is -0.496 e. The molecule has 0 saturated heterocycles. The van der Waals surface area contributed by atoms with Gasteiger partial charge in [-0.2, -0.15) is 4.79 Å². The van der Waals surface area contributed by atoms with Crippen molar-refractivity contribution >= 4 is 22.7 Å². The molecule has 1 aliphatic rings. The Balaban J connectivity index is 1.97. The van der Waals surface area contributed by atoms with E-state index in [9.17, 15) is 5.53 Å². The normalized spacial score (nSPS) is 13.4. The van der Waals surface area contributed by atoms with Gasteiger partial charge in [0.1, 0.15) is 5.75 Å². The predicted molar refractivity (Wildman–Crippen MR) is 108 cm³/mol. The third kappa shape index (κ3) is 2.99. The van der Waals surface area contributed by atoms with Gasteiger partial charge >= 0.3 is 5.71 Å². The Labute approximate surface area is 157 Å². The first-order chi connectivity index (χ1) is 13.3. The van der Waals surface area contributed by atoms with Gasteiger partial charge in [-0.1, -0.05) is 72.8 Å². The van der Waals surface area contributed by atoms with E-state index in [1.807, 2.05) is 84.9 Å². The predicted octanol–water partition coefficient (Wildman–Crippen LogP) is 4.74.